The molecule has 12 heavy (non-hydrogen) atoms. The lowest BCUT2D eigenvalue weighted by atomic mass is 10.2. The highest BCUT2D eigenvalue weighted by molar-refractivity contribution is 8.02. The summed E-state index contributed by atoms with van der Waals surface area (Å²) in [6.45, 7) is 4.74. The van der Waals surface area contributed by atoms with Gasteiger partial charge in [0.15, 0.2) is 0 Å². The molecule has 0 aromatic heterocycles. The SMILES string of the molecule is C[C](C)CN1C=C(C(=O)O)SN1. The lowest BCUT2D eigenvalue weighted by Crippen LogP contribution is -2.27. The monoisotopic (exact) mass is 187 g/mol. The van der Waals surface area contributed by atoms with Gasteiger partial charge in [0, 0.05) is 12.7 Å². The van der Waals surface area contributed by atoms with Gasteiger partial charge in [0.25, 0.3) is 0 Å². The summed E-state index contributed by atoms with van der Waals surface area (Å²) in [6.07, 6.45) is 1.60. The van der Waals surface area contributed by atoms with Crippen molar-refractivity contribution >= 4 is 17.9 Å². The van der Waals surface area contributed by atoms with Gasteiger partial charge in [-0.05, 0) is 17.9 Å². The maximum absolute atomic E-state index is 10.5. The first-order valence-corrected chi connectivity index (χ1v) is 4.34. The Balaban J connectivity index is 2.47. The summed E-state index contributed by atoms with van der Waals surface area (Å²) in [5.41, 5.74) is 0. The van der Waals surface area contributed by atoms with Crippen molar-refractivity contribution in [2.75, 3.05) is 6.54 Å². The summed E-state index contributed by atoms with van der Waals surface area (Å²) in [7, 11) is 0. The van der Waals surface area contributed by atoms with Gasteiger partial charge in [-0.15, -0.1) is 0 Å². The molecule has 0 aromatic carbocycles. The van der Waals surface area contributed by atoms with E-state index in [0.29, 0.717) is 4.91 Å². The van der Waals surface area contributed by atoms with Crippen LogP contribution < -0.4 is 4.83 Å². The highest BCUT2D eigenvalue weighted by Gasteiger charge is 2.18. The minimum atomic E-state index is -0.885. The number of nitrogens with one attached hydrogen (secondary N) is 1. The fourth-order valence-corrected chi connectivity index (χ4v) is 1.42. The van der Waals surface area contributed by atoms with Gasteiger partial charge in [0.2, 0.25) is 0 Å². The summed E-state index contributed by atoms with van der Waals surface area (Å²) in [6, 6.07) is 0. The van der Waals surface area contributed by atoms with E-state index in [1.165, 1.54) is 5.92 Å². The van der Waals surface area contributed by atoms with Crippen molar-refractivity contribution in [3.05, 3.63) is 17.0 Å². The van der Waals surface area contributed by atoms with E-state index < -0.39 is 5.97 Å². The Kier molecular flexibility index (Phi) is 2.99. The fourth-order valence-electron chi connectivity index (χ4n) is 0.820. The number of rotatable bonds is 3. The Labute approximate surface area is 75.7 Å². The second-order valence-electron chi connectivity index (χ2n) is 2.83. The zero-order chi connectivity index (χ0) is 9.14. The molecule has 1 rings (SSSR count). The van der Waals surface area contributed by atoms with Gasteiger partial charge in [-0.2, -0.15) is 4.83 Å². The van der Waals surface area contributed by atoms with E-state index in [2.05, 4.69) is 4.83 Å². The van der Waals surface area contributed by atoms with E-state index in [-0.39, 0.29) is 0 Å². The van der Waals surface area contributed by atoms with Crippen LogP contribution in [0.4, 0.5) is 0 Å². The van der Waals surface area contributed by atoms with Gasteiger partial charge in [0.1, 0.15) is 4.91 Å². The van der Waals surface area contributed by atoms with Crippen molar-refractivity contribution in [2.45, 2.75) is 13.8 Å². The number of carboxylic acid groups (broad SMARTS) is 1. The highest BCUT2D eigenvalue weighted by atomic mass is 32.2. The number of carbonyl (C=O) groups is 1. The standard InChI is InChI=1S/C7H11N2O2S/c1-5(2)3-9-4-6(7(10)11)12-8-9/h4,8H,3H2,1-2H3,(H,10,11). The van der Waals surface area contributed by atoms with Crippen molar-refractivity contribution in [3.63, 3.8) is 0 Å². The van der Waals surface area contributed by atoms with Crippen molar-refractivity contribution in [3.8, 4) is 0 Å². The molecule has 0 atom stereocenters. The molecular weight excluding hydrogens is 176 g/mol. The quantitative estimate of drug-likeness (QED) is 0.645. The molecule has 1 aliphatic rings. The molecule has 1 aliphatic heterocycles. The maximum Gasteiger partial charge on any atom is 0.345 e. The summed E-state index contributed by atoms with van der Waals surface area (Å²) in [5, 5.41) is 10.4. The molecule has 67 valence electrons. The lowest BCUT2D eigenvalue weighted by molar-refractivity contribution is -0.131. The minimum absolute atomic E-state index is 0.330. The van der Waals surface area contributed by atoms with Crippen molar-refractivity contribution in [1.29, 1.82) is 0 Å². The average Bonchev–Trinajstić information content (AvgIpc) is 2.34. The maximum atomic E-state index is 10.5. The summed E-state index contributed by atoms with van der Waals surface area (Å²) < 4.78 is 0. The van der Waals surface area contributed by atoms with Crippen molar-refractivity contribution in [1.82, 2.24) is 9.84 Å². The molecule has 0 saturated heterocycles. The first-order valence-electron chi connectivity index (χ1n) is 3.53. The molecule has 0 fully saturated rings. The van der Waals surface area contributed by atoms with Crippen LogP contribution in [-0.2, 0) is 4.79 Å². The molecule has 1 radical (unpaired) electrons. The van der Waals surface area contributed by atoms with Crippen LogP contribution >= 0.6 is 11.9 Å². The van der Waals surface area contributed by atoms with Crippen LogP contribution in [0.5, 0.6) is 0 Å². The van der Waals surface area contributed by atoms with Gasteiger partial charge in [-0.1, -0.05) is 13.8 Å². The van der Waals surface area contributed by atoms with Gasteiger partial charge in [-0.3, -0.25) is 0 Å². The number of hydrazine groups is 1. The number of hydrogen-bond donors (Lipinski definition) is 2. The number of nitrogens with zero attached hydrogens (tertiary/aromatic N) is 1. The topological polar surface area (TPSA) is 52.6 Å². The van der Waals surface area contributed by atoms with E-state index in [9.17, 15) is 4.79 Å². The Morgan fingerprint density at radius 2 is 2.42 bits per heavy atom. The lowest BCUT2D eigenvalue weighted by Gasteiger charge is -2.15. The van der Waals surface area contributed by atoms with Gasteiger partial charge in [0.05, 0.1) is 0 Å². The van der Waals surface area contributed by atoms with E-state index in [1.807, 2.05) is 13.8 Å². The first-order chi connectivity index (χ1) is 5.59. The van der Waals surface area contributed by atoms with Crippen LogP contribution in [0.1, 0.15) is 13.8 Å². The molecule has 0 saturated carbocycles. The fraction of sp³-hybridized carbons (Fsp3) is 0.429. The van der Waals surface area contributed by atoms with Crippen LogP contribution in [0, 0.1) is 5.92 Å². The second-order valence-corrected chi connectivity index (χ2v) is 3.65. The van der Waals surface area contributed by atoms with Crippen LogP contribution in [0.25, 0.3) is 0 Å². The van der Waals surface area contributed by atoms with E-state index >= 15 is 0 Å². The molecule has 0 aromatic rings. The van der Waals surface area contributed by atoms with Gasteiger partial charge < -0.3 is 10.1 Å². The summed E-state index contributed by atoms with van der Waals surface area (Å²) in [4.78, 5) is 13.7. The zero-order valence-electron chi connectivity index (χ0n) is 7.00. The average molecular weight is 187 g/mol. The smallest absolute Gasteiger partial charge is 0.345 e. The minimum Gasteiger partial charge on any atom is -0.477 e. The molecule has 5 heteroatoms. The normalized spacial score (nSPS) is 16.9. The third-order valence-electron chi connectivity index (χ3n) is 1.24. The molecular formula is C7H11N2O2S. The van der Waals surface area contributed by atoms with E-state index in [1.54, 1.807) is 11.2 Å². The Morgan fingerprint density at radius 1 is 1.75 bits per heavy atom. The Morgan fingerprint density at radius 3 is 2.83 bits per heavy atom. The van der Waals surface area contributed by atoms with Gasteiger partial charge in [-0.25, -0.2) is 4.79 Å². The van der Waals surface area contributed by atoms with Crippen molar-refractivity contribution < 1.29 is 9.90 Å². The predicted molar refractivity (Wildman–Crippen MR) is 47.7 cm³/mol. The Bertz CT molecular complexity index is 215. The molecule has 0 unspecified atom stereocenters. The van der Waals surface area contributed by atoms with Crippen LogP contribution in [0.3, 0.4) is 0 Å². The first kappa shape index (κ1) is 9.41. The third kappa shape index (κ3) is 2.42. The van der Waals surface area contributed by atoms with Crippen LogP contribution in [-0.4, -0.2) is 22.6 Å². The molecule has 0 aliphatic carbocycles. The molecule has 0 bridgehead atoms. The van der Waals surface area contributed by atoms with Crippen molar-refractivity contribution in [2.24, 2.45) is 0 Å². The molecule has 4 nitrogen and oxygen atoms in total. The third-order valence-corrected chi connectivity index (χ3v) is 2.07. The highest BCUT2D eigenvalue weighted by Crippen LogP contribution is 2.20. The summed E-state index contributed by atoms with van der Waals surface area (Å²) in [5.74, 6) is 0.342. The van der Waals surface area contributed by atoms with E-state index in [0.717, 1.165) is 18.5 Å². The molecule has 0 amide bonds. The summed E-state index contributed by atoms with van der Waals surface area (Å²) >= 11 is 1.12. The molecule has 2 N–H and O–H groups in total. The number of aliphatic carboxylic acids is 1. The largest absolute Gasteiger partial charge is 0.477 e. The van der Waals surface area contributed by atoms with Crippen LogP contribution in [0.15, 0.2) is 11.1 Å². The zero-order valence-corrected chi connectivity index (χ0v) is 7.81. The second kappa shape index (κ2) is 3.82. The number of hydrogen-bond acceptors (Lipinski definition) is 4. The number of carboxylic acids is 1. The van der Waals surface area contributed by atoms with Crippen LogP contribution in [0.2, 0.25) is 0 Å². The van der Waals surface area contributed by atoms with E-state index in [4.69, 9.17) is 5.11 Å². The Hall–Kier alpha value is -0.680. The predicted octanol–water partition coefficient (Wildman–Crippen LogP) is 0.995. The molecule has 1 heterocycles. The molecule has 0 spiro atoms. The van der Waals surface area contributed by atoms with Gasteiger partial charge >= 0.3 is 5.97 Å².